The third-order valence-corrected chi connectivity index (χ3v) is 12.8. The lowest BCUT2D eigenvalue weighted by atomic mass is 9.99. The number of unbranched alkanes of at least 4 members (excludes halogenated alkanes) is 30. The van der Waals surface area contributed by atoms with Gasteiger partial charge in [-0.25, -0.2) is 0 Å². The van der Waals surface area contributed by atoms with Crippen molar-refractivity contribution in [3.05, 3.63) is 0 Å². The molecule has 0 aromatic heterocycles. The average Bonchev–Trinajstić information content (AvgIpc) is 3.23. The first kappa shape index (κ1) is 59.4. The topological polar surface area (TPSA) is 78.9 Å². The summed E-state index contributed by atoms with van der Waals surface area (Å²) < 4.78 is 16.8. The lowest BCUT2D eigenvalue weighted by molar-refractivity contribution is -0.167. The molecule has 0 aliphatic heterocycles. The second-order valence-corrected chi connectivity index (χ2v) is 20.1. The van der Waals surface area contributed by atoms with Gasteiger partial charge in [-0.2, -0.15) is 0 Å². The maximum Gasteiger partial charge on any atom is 0.306 e. The van der Waals surface area contributed by atoms with Gasteiger partial charge in [-0.3, -0.25) is 14.4 Å². The van der Waals surface area contributed by atoms with Gasteiger partial charge in [-0.15, -0.1) is 0 Å². The highest BCUT2D eigenvalue weighted by atomic mass is 16.6. The molecule has 0 rings (SSSR count). The summed E-state index contributed by atoms with van der Waals surface area (Å²) in [6.45, 7) is 13.7. The molecule has 0 aromatic rings. The van der Waals surface area contributed by atoms with Gasteiger partial charge in [0, 0.05) is 19.3 Å². The van der Waals surface area contributed by atoms with Crippen LogP contribution in [0.1, 0.15) is 298 Å². The van der Waals surface area contributed by atoms with E-state index in [0.29, 0.717) is 19.3 Å². The van der Waals surface area contributed by atoms with Crippen molar-refractivity contribution in [1.29, 1.82) is 0 Å². The molecule has 0 aliphatic carbocycles. The van der Waals surface area contributed by atoms with Gasteiger partial charge < -0.3 is 14.2 Å². The summed E-state index contributed by atoms with van der Waals surface area (Å²) in [6, 6.07) is 0. The van der Waals surface area contributed by atoms with Crippen molar-refractivity contribution in [2.75, 3.05) is 13.2 Å². The molecule has 2 atom stereocenters. The van der Waals surface area contributed by atoms with Crippen molar-refractivity contribution in [2.45, 2.75) is 304 Å². The molecular formula is C55H106O6. The van der Waals surface area contributed by atoms with Crippen molar-refractivity contribution in [1.82, 2.24) is 0 Å². The monoisotopic (exact) mass is 863 g/mol. The molecule has 0 radical (unpaired) electrons. The Hall–Kier alpha value is -1.59. The Morgan fingerprint density at radius 3 is 0.852 bits per heavy atom. The van der Waals surface area contributed by atoms with E-state index in [1.54, 1.807) is 0 Å². The van der Waals surface area contributed by atoms with E-state index in [1.165, 1.54) is 180 Å². The fourth-order valence-corrected chi connectivity index (χ4v) is 8.26. The van der Waals surface area contributed by atoms with E-state index in [4.69, 9.17) is 14.2 Å². The zero-order chi connectivity index (χ0) is 44.9. The maximum absolute atomic E-state index is 12.8. The molecule has 0 bridgehead atoms. The van der Waals surface area contributed by atoms with Crippen molar-refractivity contribution in [3.63, 3.8) is 0 Å². The summed E-state index contributed by atoms with van der Waals surface area (Å²) >= 11 is 0. The Labute approximate surface area is 380 Å². The van der Waals surface area contributed by atoms with Gasteiger partial charge in [-0.1, -0.05) is 260 Å². The number of esters is 3. The van der Waals surface area contributed by atoms with E-state index < -0.39 is 6.10 Å². The lowest BCUT2D eigenvalue weighted by Crippen LogP contribution is -2.30. The van der Waals surface area contributed by atoms with E-state index in [0.717, 1.165) is 75.5 Å². The Kier molecular flexibility index (Phi) is 45.2. The van der Waals surface area contributed by atoms with Gasteiger partial charge >= 0.3 is 17.9 Å². The van der Waals surface area contributed by atoms with Gasteiger partial charge in [0.1, 0.15) is 13.2 Å². The molecule has 0 heterocycles. The van der Waals surface area contributed by atoms with E-state index in [2.05, 4.69) is 41.5 Å². The van der Waals surface area contributed by atoms with Crippen LogP contribution < -0.4 is 0 Å². The predicted octanol–water partition coefficient (Wildman–Crippen LogP) is 17.6. The van der Waals surface area contributed by atoms with Crippen LogP contribution in [0.4, 0.5) is 0 Å². The highest BCUT2D eigenvalue weighted by molar-refractivity contribution is 5.71. The van der Waals surface area contributed by atoms with Gasteiger partial charge in [0.2, 0.25) is 0 Å². The van der Waals surface area contributed by atoms with Gasteiger partial charge in [0.05, 0.1) is 0 Å². The van der Waals surface area contributed by atoms with Crippen LogP contribution >= 0.6 is 0 Å². The molecule has 0 spiro atoms. The van der Waals surface area contributed by atoms with Crippen LogP contribution in [0.15, 0.2) is 0 Å². The molecular weight excluding hydrogens is 757 g/mol. The summed E-state index contributed by atoms with van der Waals surface area (Å²) in [4.78, 5) is 38.0. The maximum atomic E-state index is 12.8. The number of hydrogen-bond donors (Lipinski definition) is 0. The SMILES string of the molecule is CCC(C)CCCCCCCCCCCCC(=O)O[C@@H](COC(=O)CCCCCCCCCCCCCCCCCCC(C)C)COC(=O)CCCCCCCCCC(C)C. The van der Waals surface area contributed by atoms with Crippen LogP contribution in [-0.2, 0) is 28.6 Å². The fourth-order valence-electron chi connectivity index (χ4n) is 8.26. The largest absolute Gasteiger partial charge is 0.462 e. The molecule has 362 valence electrons. The highest BCUT2D eigenvalue weighted by Crippen LogP contribution is 2.18. The summed E-state index contributed by atoms with van der Waals surface area (Å²) in [7, 11) is 0. The van der Waals surface area contributed by atoms with Gasteiger partial charge in [-0.05, 0) is 37.0 Å². The first-order chi connectivity index (χ1) is 29.6. The van der Waals surface area contributed by atoms with Crippen LogP contribution in [0.3, 0.4) is 0 Å². The minimum absolute atomic E-state index is 0.0647. The number of hydrogen-bond acceptors (Lipinski definition) is 6. The minimum Gasteiger partial charge on any atom is -0.462 e. The van der Waals surface area contributed by atoms with E-state index >= 15 is 0 Å². The molecule has 0 aliphatic rings. The molecule has 0 amide bonds. The summed E-state index contributed by atoms with van der Waals surface area (Å²) in [5.41, 5.74) is 0. The molecule has 1 unspecified atom stereocenters. The zero-order valence-corrected chi connectivity index (χ0v) is 42.0. The summed E-state index contributed by atoms with van der Waals surface area (Å²) in [6.07, 6.45) is 46.7. The third-order valence-electron chi connectivity index (χ3n) is 12.8. The summed E-state index contributed by atoms with van der Waals surface area (Å²) in [5.74, 6) is 1.65. The van der Waals surface area contributed by atoms with Crippen molar-refractivity contribution >= 4 is 17.9 Å². The number of carbonyl (C=O) groups excluding carboxylic acids is 3. The second-order valence-electron chi connectivity index (χ2n) is 20.1. The normalized spacial score (nSPS) is 12.6. The predicted molar refractivity (Wildman–Crippen MR) is 261 cm³/mol. The molecule has 0 aromatic carbocycles. The fraction of sp³-hybridized carbons (Fsp3) is 0.945. The van der Waals surface area contributed by atoms with Crippen LogP contribution in [0, 0.1) is 17.8 Å². The first-order valence-electron chi connectivity index (χ1n) is 27.1. The first-order valence-corrected chi connectivity index (χ1v) is 27.1. The van der Waals surface area contributed by atoms with Gasteiger partial charge in [0.15, 0.2) is 6.10 Å². The Morgan fingerprint density at radius 2 is 0.574 bits per heavy atom. The quantitative estimate of drug-likeness (QED) is 0.0344. The number of rotatable bonds is 48. The second kappa shape index (κ2) is 46.4. The molecule has 0 saturated heterocycles. The molecule has 0 N–H and O–H groups in total. The Balaban J connectivity index is 4.25. The van der Waals surface area contributed by atoms with E-state index in [-0.39, 0.29) is 31.1 Å². The van der Waals surface area contributed by atoms with Gasteiger partial charge in [0.25, 0.3) is 0 Å². The highest BCUT2D eigenvalue weighted by Gasteiger charge is 2.19. The van der Waals surface area contributed by atoms with Crippen LogP contribution in [0.25, 0.3) is 0 Å². The van der Waals surface area contributed by atoms with Crippen LogP contribution in [0.2, 0.25) is 0 Å². The van der Waals surface area contributed by atoms with Crippen LogP contribution in [0.5, 0.6) is 0 Å². The summed E-state index contributed by atoms with van der Waals surface area (Å²) in [5, 5.41) is 0. The number of carbonyl (C=O) groups is 3. The Morgan fingerprint density at radius 1 is 0.328 bits per heavy atom. The van der Waals surface area contributed by atoms with Crippen molar-refractivity contribution in [3.8, 4) is 0 Å². The number of ether oxygens (including phenoxy) is 3. The zero-order valence-electron chi connectivity index (χ0n) is 42.0. The van der Waals surface area contributed by atoms with E-state index in [9.17, 15) is 14.4 Å². The minimum atomic E-state index is -0.763. The molecule has 0 saturated carbocycles. The molecule has 61 heavy (non-hydrogen) atoms. The van der Waals surface area contributed by atoms with Crippen molar-refractivity contribution in [2.24, 2.45) is 17.8 Å². The lowest BCUT2D eigenvalue weighted by Gasteiger charge is -2.18. The van der Waals surface area contributed by atoms with E-state index in [1.807, 2.05) is 0 Å². The average molecular weight is 863 g/mol. The smallest absolute Gasteiger partial charge is 0.306 e. The molecule has 0 fully saturated rings. The Bertz CT molecular complexity index is 947. The van der Waals surface area contributed by atoms with Crippen molar-refractivity contribution < 1.29 is 28.6 Å². The standard InChI is InChI=1S/C55H106O6/c1-7-51(6)43-37-31-25-19-16-17-21-27-34-40-46-55(58)61-52(48-60-54(57)45-39-33-28-22-24-30-36-42-50(4)5)47-59-53(56)44-38-32-26-20-15-13-11-9-8-10-12-14-18-23-29-35-41-49(2)3/h49-52H,7-48H2,1-6H3/t51?,52-/m0/s1. The molecule has 6 nitrogen and oxygen atoms in total. The van der Waals surface area contributed by atoms with Crippen LogP contribution in [-0.4, -0.2) is 37.2 Å². The third kappa shape index (κ3) is 47.7. The molecule has 6 heteroatoms.